The SMILES string of the molecule is C#C[C@]1(O)CC[C@H]2[C@@H]3CCc4cc(OC)cc(C)c4[C@H]3CC[C@@]21C. The zero-order valence-electron chi connectivity index (χ0n) is 15.1. The Kier molecular flexibility index (Phi) is 3.52. The molecule has 0 spiro atoms. The Bertz CT molecular complexity index is 715. The summed E-state index contributed by atoms with van der Waals surface area (Å²) in [5, 5.41) is 11.0. The second kappa shape index (κ2) is 5.27. The van der Waals surface area contributed by atoms with E-state index in [4.69, 9.17) is 11.2 Å². The summed E-state index contributed by atoms with van der Waals surface area (Å²) < 4.78 is 5.47. The second-order valence-corrected chi connectivity index (χ2v) is 8.43. The maximum absolute atomic E-state index is 11.0. The molecule has 0 radical (unpaired) electrons. The molecular weight excluding hydrogens is 296 g/mol. The van der Waals surface area contributed by atoms with Crippen LogP contribution in [0, 0.1) is 36.5 Å². The van der Waals surface area contributed by atoms with Crippen LogP contribution in [-0.2, 0) is 6.42 Å². The average molecular weight is 324 g/mol. The van der Waals surface area contributed by atoms with Gasteiger partial charge in [0.1, 0.15) is 11.4 Å². The Morgan fingerprint density at radius 1 is 1.25 bits per heavy atom. The molecule has 0 aliphatic heterocycles. The molecule has 2 nitrogen and oxygen atoms in total. The maximum Gasteiger partial charge on any atom is 0.130 e. The third kappa shape index (κ3) is 1.94. The monoisotopic (exact) mass is 324 g/mol. The molecular formula is C22H28O2. The number of benzene rings is 1. The Morgan fingerprint density at radius 2 is 2.04 bits per heavy atom. The van der Waals surface area contributed by atoms with E-state index in [1.165, 1.54) is 17.5 Å². The number of hydrogen-bond acceptors (Lipinski definition) is 2. The van der Waals surface area contributed by atoms with E-state index in [1.807, 2.05) is 0 Å². The minimum Gasteiger partial charge on any atom is -0.497 e. The smallest absolute Gasteiger partial charge is 0.130 e. The molecule has 0 heterocycles. The van der Waals surface area contributed by atoms with Crippen LogP contribution in [0.2, 0.25) is 0 Å². The Morgan fingerprint density at radius 3 is 2.75 bits per heavy atom. The molecule has 3 aliphatic carbocycles. The summed E-state index contributed by atoms with van der Waals surface area (Å²) in [4.78, 5) is 0. The molecule has 1 aromatic rings. The predicted octanol–water partition coefficient (Wildman–Crippen LogP) is 4.22. The van der Waals surface area contributed by atoms with Crippen molar-refractivity contribution in [3.8, 4) is 18.1 Å². The van der Waals surface area contributed by atoms with E-state index < -0.39 is 5.60 Å². The number of fused-ring (bicyclic) bond motifs is 5. The highest BCUT2D eigenvalue weighted by Gasteiger charge is 2.61. The van der Waals surface area contributed by atoms with Gasteiger partial charge in [0.05, 0.1) is 7.11 Å². The third-order valence-electron chi connectivity index (χ3n) is 7.63. The summed E-state index contributed by atoms with van der Waals surface area (Å²) >= 11 is 0. The van der Waals surface area contributed by atoms with Gasteiger partial charge in [-0.05, 0) is 92.0 Å². The number of aryl methyl sites for hydroxylation is 2. The highest BCUT2D eigenvalue weighted by atomic mass is 16.5. The van der Waals surface area contributed by atoms with Crippen LogP contribution in [0.4, 0.5) is 0 Å². The molecule has 24 heavy (non-hydrogen) atoms. The lowest BCUT2D eigenvalue weighted by atomic mass is 9.53. The Balaban J connectivity index is 1.74. The summed E-state index contributed by atoms with van der Waals surface area (Å²) in [5.74, 6) is 5.57. The largest absolute Gasteiger partial charge is 0.497 e. The van der Waals surface area contributed by atoms with Gasteiger partial charge >= 0.3 is 0 Å². The molecule has 1 aromatic carbocycles. The summed E-state index contributed by atoms with van der Waals surface area (Å²) in [6.07, 6.45) is 12.1. The number of rotatable bonds is 1. The van der Waals surface area contributed by atoms with Gasteiger partial charge in [-0.15, -0.1) is 6.42 Å². The minimum atomic E-state index is -0.905. The van der Waals surface area contributed by atoms with E-state index in [-0.39, 0.29) is 5.41 Å². The molecule has 5 atom stereocenters. The van der Waals surface area contributed by atoms with E-state index in [0.717, 1.165) is 37.9 Å². The lowest BCUT2D eigenvalue weighted by Gasteiger charge is -2.52. The maximum atomic E-state index is 11.0. The van der Waals surface area contributed by atoms with Crippen molar-refractivity contribution in [2.75, 3.05) is 7.11 Å². The van der Waals surface area contributed by atoms with Gasteiger partial charge in [0.15, 0.2) is 0 Å². The van der Waals surface area contributed by atoms with Crippen LogP contribution in [0.5, 0.6) is 5.75 Å². The summed E-state index contributed by atoms with van der Waals surface area (Å²) in [6, 6.07) is 4.42. The molecule has 1 N–H and O–H groups in total. The Hall–Kier alpha value is -1.46. The number of terminal acetylenes is 1. The zero-order chi connectivity index (χ0) is 17.1. The quantitative estimate of drug-likeness (QED) is 0.784. The lowest BCUT2D eigenvalue weighted by molar-refractivity contribution is -0.0647. The number of hydrogen-bond donors (Lipinski definition) is 1. The fourth-order valence-corrected chi connectivity index (χ4v) is 6.31. The molecule has 0 unspecified atom stereocenters. The summed E-state index contributed by atoms with van der Waals surface area (Å²) in [7, 11) is 1.75. The van der Waals surface area contributed by atoms with Gasteiger partial charge in [-0.25, -0.2) is 0 Å². The van der Waals surface area contributed by atoms with Crippen molar-refractivity contribution in [1.82, 2.24) is 0 Å². The van der Waals surface area contributed by atoms with Crippen molar-refractivity contribution in [1.29, 1.82) is 0 Å². The van der Waals surface area contributed by atoms with Gasteiger partial charge in [0.25, 0.3) is 0 Å². The zero-order valence-corrected chi connectivity index (χ0v) is 15.1. The van der Waals surface area contributed by atoms with E-state index in [2.05, 4.69) is 31.9 Å². The van der Waals surface area contributed by atoms with Crippen LogP contribution in [0.15, 0.2) is 12.1 Å². The third-order valence-corrected chi connectivity index (χ3v) is 7.63. The number of aliphatic hydroxyl groups is 1. The fourth-order valence-electron chi connectivity index (χ4n) is 6.31. The highest BCUT2D eigenvalue weighted by Crippen LogP contribution is 2.64. The lowest BCUT2D eigenvalue weighted by Crippen LogP contribution is -2.50. The van der Waals surface area contributed by atoms with E-state index in [1.54, 1.807) is 12.7 Å². The van der Waals surface area contributed by atoms with Crippen LogP contribution >= 0.6 is 0 Å². The standard InChI is InChI=1S/C22H28O2/c1-5-22(23)11-9-19-17-7-6-15-13-16(24-4)12-14(2)20(15)18(17)8-10-21(19,22)3/h1,12-13,17-19,23H,6-11H2,2-4H3/t17-,18+,19+,21+,22+/m1/s1. The molecule has 128 valence electrons. The molecule has 0 bridgehead atoms. The van der Waals surface area contributed by atoms with Crippen LogP contribution in [0.1, 0.15) is 61.6 Å². The van der Waals surface area contributed by atoms with Crippen molar-refractivity contribution >= 4 is 0 Å². The van der Waals surface area contributed by atoms with Crippen molar-refractivity contribution < 1.29 is 9.84 Å². The van der Waals surface area contributed by atoms with Crippen LogP contribution in [0.3, 0.4) is 0 Å². The van der Waals surface area contributed by atoms with Crippen molar-refractivity contribution in [3.05, 3.63) is 28.8 Å². The van der Waals surface area contributed by atoms with E-state index >= 15 is 0 Å². The van der Waals surface area contributed by atoms with Gasteiger partial charge in [-0.1, -0.05) is 12.8 Å². The topological polar surface area (TPSA) is 29.5 Å². The molecule has 0 amide bonds. The second-order valence-electron chi connectivity index (χ2n) is 8.43. The molecule has 0 aromatic heterocycles. The van der Waals surface area contributed by atoms with Crippen LogP contribution < -0.4 is 4.74 Å². The number of ether oxygens (including phenoxy) is 1. The number of methoxy groups -OCH3 is 1. The van der Waals surface area contributed by atoms with Gasteiger partial charge in [0.2, 0.25) is 0 Å². The van der Waals surface area contributed by atoms with Crippen molar-refractivity contribution in [2.24, 2.45) is 17.3 Å². The van der Waals surface area contributed by atoms with E-state index in [0.29, 0.717) is 17.8 Å². The fraction of sp³-hybridized carbons (Fsp3) is 0.636. The average Bonchev–Trinajstić information content (AvgIpc) is 2.86. The molecule has 4 rings (SSSR count). The van der Waals surface area contributed by atoms with Gasteiger partial charge in [-0.3, -0.25) is 0 Å². The first-order chi connectivity index (χ1) is 11.4. The van der Waals surface area contributed by atoms with Gasteiger partial charge in [-0.2, -0.15) is 0 Å². The first-order valence-corrected chi connectivity index (χ1v) is 9.31. The van der Waals surface area contributed by atoms with Crippen molar-refractivity contribution in [3.63, 3.8) is 0 Å². The molecule has 2 heteroatoms. The highest BCUT2D eigenvalue weighted by molar-refractivity contribution is 5.46. The first kappa shape index (κ1) is 16.0. The first-order valence-electron chi connectivity index (χ1n) is 9.31. The minimum absolute atomic E-state index is 0.110. The van der Waals surface area contributed by atoms with Gasteiger partial charge in [0, 0.05) is 5.41 Å². The summed E-state index contributed by atoms with van der Waals surface area (Å²) in [6.45, 7) is 4.47. The Labute approximate surface area is 145 Å². The van der Waals surface area contributed by atoms with Gasteiger partial charge < -0.3 is 9.84 Å². The molecule has 2 saturated carbocycles. The normalized spacial score (nSPS) is 40.2. The molecule has 3 aliphatic rings. The predicted molar refractivity (Wildman–Crippen MR) is 96.1 cm³/mol. The summed E-state index contributed by atoms with van der Waals surface area (Å²) in [5.41, 5.74) is 3.39. The van der Waals surface area contributed by atoms with E-state index in [9.17, 15) is 5.11 Å². The molecule has 2 fully saturated rings. The van der Waals surface area contributed by atoms with Crippen LogP contribution in [-0.4, -0.2) is 17.8 Å². The molecule has 0 saturated heterocycles. The van der Waals surface area contributed by atoms with Crippen molar-refractivity contribution in [2.45, 2.75) is 63.9 Å². The van der Waals surface area contributed by atoms with Crippen LogP contribution in [0.25, 0.3) is 0 Å².